The molecule has 1 aromatic heterocycles. The zero-order valence-electron chi connectivity index (χ0n) is 16.3. The Morgan fingerprint density at radius 3 is 2.89 bits per heavy atom. The van der Waals surface area contributed by atoms with Crippen LogP contribution in [0.2, 0.25) is 0 Å². The third kappa shape index (κ3) is 5.95. The van der Waals surface area contributed by atoms with Crippen molar-refractivity contribution >= 4 is 5.91 Å². The van der Waals surface area contributed by atoms with Gasteiger partial charge in [0.15, 0.2) is 5.82 Å². The number of likely N-dealkylation sites (tertiary alicyclic amines) is 1. The Hall–Kier alpha value is -1.58. The van der Waals surface area contributed by atoms with Crippen LogP contribution in [0.3, 0.4) is 0 Å². The molecule has 0 aromatic carbocycles. The second-order valence-electron chi connectivity index (χ2n) is 7.84. The minimum atomic E-state index is 0.00910. The van der Waals surface area contributed by atoms with Gasteiger partial charge in [-0.1, -0.05) is 6.92 Å². The van der Waals surface area contributed by atoms with E-state index < -0.39 is 0 Å². The van der Waals surface area contributed by atoms with Crippen molar-refractivity contribution in [1.82, 2.24) is 30.0 Å². The van der Waals surface area contributed by atoms with E-state index in [1.165, 1.54) is 12.8 Å². The molecule has 2 aliphatic rings. The van der Waals surface area contributed by atoms with Crippen LogP contribution in [-0.4, -0.2) is 87.0 Å². The lowest BCUT2D eigenvalue weighted by Gasteiger charge is -2.29. The van der Waals surface area contributed by atoms with Gasteiger partial charge in [0.2, 0.25) is 5.91 Å². The predicted octanol–water partition coefficient (Wildman–Crippen LogP) is 0.153. The van der Waals surface area contributed by atoms with Gasteiger partial charge < -0.3 is 14.7 Å². The summed E-state index contributed by atoms with van der Waals surface area (Å²) < 4.78 is 7.27. The number of aliphatic hydroxyl groups is 1. The lowest BCUT2D eigenvalue weighted by Crippen LogP contribution is -2.36. The Balaban J connectivity index is 1.44. The Morgan fingerprint density at radius 2 is 2.11 bits per heavy atom. The van der Waals surface area contributed by atoms with Crippen molar-refractivity contribution in [3.05, 3.63) is 5.82 Å². The molecular formula is C18H32N6O3. The molecule has 0 radical (unpaired) electrons. The highest BCUT2D eigenvalue weighted by atomic mass is 16.5. The molecule has 0 unspecified atom stereocenters. The van der Waals surface area contributed by atoms with Crippen molar-refractivity contribution in [2.75, 3.05) is 46.0 Å². The Kier molecular flexibility index (Phi) is 7.54. The van der Waals surface area contributed by atoms with E-state index >= 15 is 0 Å². The smallest absolute Gasteiger partial charge is 0.222 e. The minimum absolute atomic E-state index is 0.00910. The topological polar surface area (TPSA) is 96.6 Å². The molecule has 27 heavy (non-hydrogen) atoms. The number of aryl methyl sites for hydroxylation is 1. The van der Waals surface area contributed by atoms with Gasteiger partial charge >= 0.3 is 0 Å². The number of amides is 1. The average Bonchev–Trinajstić information content (AvgIpc) is 2.96. The first-order valence-electron chi connectivity index (χ1n) is 10.1. The maximum atomic E-state index is 12.5. The lowest BCUT2D eigenvalue weighted by atomic mass is 9.99. The van der Waals surface area contributed by atoms with E-state index in [1.807, 2.05) is 9.58 Å². The number of aliphatic hydroxyl groups excluding tert-OH is 1. The molecule has 2 fully saturated rings. The van der Waals surface area contributed by atoms with Crippen LogP contribution in [0.1, 0.15) is 38.4 Å². The summed E-state index contributed by atoms with van der Waals surface area (Å²) in [5.41, 5.74) is 0. The number of ether oxygens (including phenoxy) is 1. The van der Waals surface area contributed by atoms with Gasteiger partial charge in [0.05, 0.1) is 19.8 Å². The van der Waals surface area contributed by atoms with Crippen LogP contribution < -0.4 is 0 Å². The van der Waals surface area contributed by atoms with Crippen LogP contribution in [-0.2, 0) is 22.6 Å². The quantitative estimate of drug-likeness (QED) is 0.719. The van der Waals surface area contributed by atoms with Crippen molar-refractivity contribution in [2.45, 2.75) is 45.7 Å². The van der Waals surface area contributed by atoms with Crippen LogP contribution in [0, 0.1) is 11.8 Å². The van der Waals surface area contributed by atoms with Gasteiger partial charge in [-0.3, -0.25) is 9.69 Å². The number of piperidine rings is 1. The molecule has 0 saturated carbocycles. The minimum Gasteiger partial charge on any atom is -0.396 e. The SMILES string of the molecule is CC1CCN(Cc2nnnn2CCCC(=O)N2CCOC[C@H](CO)C2)CC1. The number of carbonyl (C=O) groups is 1. The van der Waals surface area contributed by atoms with Crippen molar-refractivity contribution in [3.8, 4) is 0 Å². The average molecular weight is 380 g/mol. The van der Waals surface area contributed by atoms with Gasteiger partial charge in [-0.25, -0.2) is 4.68 Å². The summed E-state index contributed by atoms with van der Waals surface area (Å²) in [7, 11) is 0. The van der Waals surface area contributed by atoms with Gasteiger partial charge in [-0.05, 0) is 48.7 Å². The maximum Gasteiger partial charge on any atom is 0.222 e. The predicted molar refractivity (Wildman–Crippen MR) is 98.7 cm³/mol. The first kappa shape index (κ1) is 20.2. The zero-order chi connectivity index (χ0) is 19.1. The number of tetrazole rings is 1. The van der Waals surface area contributed by atoms with Gasteiger partial charge in [0, 0.05) is 38.6 Å². The van der Waals surface area contributed by atoms with Gasteiger partial charge in [-0.2, -0.15) is 0 Å². The Labute approximate surface area is 160 Å². The summed E-state index contributed by atoms with van der Waals surface area (Å²) in [6, 6.07) is 0. The first-order valence-corrected chi connectivity index (χ1v) is 10.1. The highest BCUT2D eigenvalue weighted by molar-refractivity contribution is 5.76. The second-order valence-corrected chi connectivity index (χ2v) is 7.84. The van der Waals surface area contributed by atoms with E-state index in [2.05, 4.69) is 27.3 Å². The molecule has 3 rings (SSSR count). The maximum absolute atomic E-state index is 12.5. The standard InChI is InChI=1S/C18H32N6O3/c1-15-4-7-22(8-5-15)12-17-19-20-21-24(17)6-2-3-18(26)23-9-10-27-14-16(11-23)13-25/h15-16,25H,2-14H2,1H3/t16-/m0/s1. The highest BCUT2D eigenvalue weighted by Gasteiger charge is 2.22. The molecule has 2 aliphatic heterocycles. The molecule has 1 N–H and O–H groups in total. The highest BCUT2D eigenvalue weighted by Crippen LogP contribution is 2.17. The molecule has 3 heterocycles. The molecule has 9 heteroatoms. The molecule has 9 nitrogen and oxygen atoms in total. The second kappa shape index (κ2) is 10.1. The molecule has 1 aromatic rings. The summed E-state index contributed by atoms with van der Waals surface area (Å²) in [4.78, 5) is 16.7. The monoisotopic (exact) mass is 380 g/mol. The zero-order valence-corrected chi connectivity index (χ0v) is 16.3. The summed E-state index contributed by atoms with van der Waals surface area (Å²) in [5.74, 6) is 1.80. The van der Waals surface area contributed by atoms with Gasteiger partial charge in [-0.15, -0.1) is 5.10 Å². The molecule has 0 spiro atoms. The summed E-state index contributed by atoms with van der Waals surface area (Å²) in [5, 5.41) is 21.4. The number of rotatable bonds is 7. The van der Waals surface area contributed by atoms with E-state index in [0.717, 1.165) is 31.4 Å². The normalized spacial score (nSPS) is 22.7. The van der Waals surface area contributed by atoms with Crippen molar-refractivity contribution in [2.24, 2.45) is 11.8 Å². The third-order valence-corrected chi connectivity index (χ3v) is 5.56. The van der Waals surface area contributed by atoms with Crippen LogP contribution in [0.5, 0.6) is 0 Å². The molecule has 1 atom stereocenters. The molecule has 152 valence electrons. The van der Waals surface area contributed by atoms with E-state index in [9.17, 15) is 9.90 Å². The van der Waals surface area contributed by atoms with E-state index in [1.54, 1.807) is 0 Å². The van der Waals surface area contributed by atoms with Crippen LogP contribution in [0.15, 0.2) is 0 Å². The number of hydrogen-bond donors (Lipinski definition) is 1. The lowest BCUT2D eigenvalue weighted by molar-refractivity contribution is -0.131. The summed E-state index contributed by atoms with van der Waals surface area (Å²) >= 11 is 0. The third-order valence-electron chi connectivity index (χ3n) is 5.56. The Bertz CT molecular complexity index is 587. The Morgan fingerprint density at radius 1 is 1.30 bits per heavy atom. The fourth-order valence-electron chi connectivity index (χ4n) is 3.69. The number of nitrogens with zero attached hydrogens (tertiary/aromatic N) is 6. The fraction of sp³-hybridized carbons (Fsp3) is 0.889. The van der Waals surface area contributed by atoms with Gasteiger partial charge in [0.25, 0.3) is 0 Å². The van der Waals surface area contributed by atoms with E-state index in [4.69, 9.17) is 4.74 Å². The summed E-state index contributed by atoms with van der Waals surface area (Å²) in [6.07, 6.45) is 3.61. The molecule has 0 aliphatic carbocycles. The molecule has 1 amide bonds. The van der Waals surface area contributed by atoms with E-state index in [-0.39, 0.29) is 18.4 Å². The van der Waals surface area contributed by atoms with Crippen molar-refractivity contribution < 1.29 is 14.6 Å². The van der Waals surface area contributed by atoms with Crippen molar-refractivity contribution in [3.63, 3.8) is 0 Å². The number of aromatic nitrogens is 4. The largest absolute Gasteiger partial charge is 0.396 e. The number of carbonyl (C=O) groups excluding carboxylic acids is 1. The van der Waals surface area contributed by atoms with E-state index in [0.29, 0.717) is 45.7 Å². The van der Waals surface area contributed by atoms with Crippen LogP contribution in [0.4, 0.5) is 0 Å². The van der Waals surface area contributed by atoms with Gasteiger partial charge in [0.1, 0.15) is 0 Å². The van der Waals surface area contributed by atoms with Crippen molar-refractivity contribution in [1.29, 1.82) is 0 Å². The molecular weight excluding hydrogens is 348 g/mol. The number of hydrogen-bond acceptors (Lipinski definition) is 7. The van der Waals surface area contributed by atoms with Crippen LogP contribution in [0.25, 0.3) is 0 Å². The van der Waals surface area contributed by atoms with Crippen LogP contribution >= 0.6 is 0 Å². The molecule has 2 saturated heterocycles. The molecule has 0 bridgehead atoms. The fourth-order valence-corrected chi connectivity index (χ4v) is 3.69. The first-order chi connectivity index (χ1) is 13.2. The summed E-state index contributed by atoms with van der Waals surface area (Å²) in [6.45, 7) is 8.17.